The molecule has 0 unspecified atom stereocenters. The number of hydrogen-bond donors (Lipinski definition) is 1. The lowest BCUT2D eigenvalue weighted by molar-refractivity contribution is 0.417. The molecule has 0 spiro atoms. The molecule has 0 aromatic heterocycles. The number of ether oxygens (including phenoxy) is 1. The highest BCUT2D eigenvalue weighted by Gasteiger charge is 2.13. The summed E-state index contributed by atoms with van der Waals surface area (Å²) >= 11 is 5.71. The van der Waals surface area contributed by atoms with Gasteiger partial charge < -0.3 is 15.0 Å². The van der Waals surface area contributed by atoms with E-state index in [0.717, 1.165) is 34.8 Å². The summed E-state index contributed by atoms with van der Waals surface area (Å²) in [5, 5.41) is 4.02. The molecule has 3 aromatic rings. The lowest BCUT2D eigenvalue weighted by atomic mass is 10.0. The van der Waals surface area contributed by atoms with E-state index in [1.165, 1.54) is 5.56 Å². The average Bonchev–Trinajstić information content (AvgIpc) is 2.69. The number of benzene rings is 3. The van der Waals surface area contributed by atoms with Crippen molar-refractivity contribution in [2.75, 3.05) is 23.9 Å². The van der Waals surface area contributed by atoms with Crippen LogP contribution in [0.5, 0.6) is 5.75 Å². The normalized spacial score (nSPS) is 10.3. The predicted molar refractivity (Wildman–Crippen MR) is 119 cm³/mol. The molecule has 3 nitrogen and oxygen atoms in total. The zero-order valence-electron chi connectivity index (χ0n) is 15.9. The number of methoxy groups -OCH3 is 1. The van der Waals surface area contributed by atoms with Crippen LogP contribution in [0.15, 0.2) is 72.8 Å². The molecule has 3 rings (SSSR count). The molecule has 0 aliphatic rings. The van der Waals surface area contributed by atoms with Crippen molar-refractivity contribution in [1.29, 1.82) is 0 Å². The van der Waals surface area contributed by atoms with Crippen LogP contribution in [0.2, 0.25) is 0 Å². The zero-order valence-corrected chi connectivity index (χ0v) is 16.7. The van der Waals surface area contributed by atoms with E-state index < -0.39 is 0 Å². The van der Waals surface area contributed by atoms with Gasteiger partial charge in [-0.3, -0.25) is 0 Å². The van der Waals surface area contributed by atoms with Crippen LogP contribution >= 0.6 is 12.2 Å². The first-order chi connectivity index (χ1) is 13.1. The molecule has 1 N–H and O–H groups in total. The summed E-state index contributed by atoms with van der Waals surface area (Å²) in [6.45, 7) is 4.95. The summed E-state index contributed by atoms with van der Waals surface area (Å²) in [4.78, 5) is 2.08. The number of aryl methyl sites for hydroxylation is 1. The van der Waals surface area contributed by atoms with E-state index in [2.05, 4.69) is 66.5 Å². The van der Waals surface area contributed by atoms with Crippen molar-refractivity contribution in [3.63, 3.8) is 0 Å². The number of nitrogens with zero attached hydrogens (tertiary/aromatic N) is 1. The molecular formula is C23H24N2OS. The standard InChI is InChI=1S/C23H24N2OS/c1-4-25(20-12-8-9-17(2)15-20)23(27)24-21-16-19(13-14-22(21)26-3)18-10-6-5-7-11-18/h5-16H,4H2,1-3H3,(H,24,27). The smallest absolute Gasteiger partial charge is 0.178 e. The summed E-state index contributed by atoms with van der Waals surface area (Å²) in [5.74, 6) is 0.761. The van der Waals surface area contributed by atoms with E-state index >= 15 is 0 Å². The first kappa shape index (κ1) is 18.9. The van der Waals surface area contributed by atoms with Crippen LogP contribution in [-0.2, 0) is 0 Å². The Morgan fingerprint density at radius 3 is 2.41 bits per heavy atom. The maximum Gasteiger partial charge on any atom is 0.178 e. The quantitative estimate of drug-likeness (QED) is 0.561. The minimum Gasteiger partial charge on any atom is -0.495 e. The lowest BCUT2D eigenvalue weighted by Gasteiger charge is -2.25. The topological polar surface area (TPSA) is 24.5 Å². The average molecular weight is 377 g/mol. The molecule has 0 heterocycles. The van der Waals surface area contributed by atoms with Gasteiger partial charge in [-0.2, -0.15) is 0 Å². The van der Waals surface area contributed by atoms with Gasteiger partial charge in [0.05, 0.1) is 12.8 Å². The Bertz CT molecular complexity index is 925. The molecule has 0 amide bonds. The number of rotatable bonds is 5. The Labute approximate surface area is 166 Å². The third kappa shape index (κ3) is 4.47. The Kier molecular flexibility index (Phi) is 6.09. The molecule has 0 saturated heterocycles. The molecule has 3 aromatic carbocycles. The van der Waals surface area contributed by atoms with Crippen molar-refractivity contribution >= 4 is 28.7 Å². The fraction of sp³-hybridized carbons (Fsp3) is 0.174. The van der Waals surface area contributed by atoms with E-state index in [-0.39, 0.29) is 0 Å². The van der Waals surface area contributed by atoms with Gasteiger partial charge >= 0.3 is 0 Å². The molecule has 27 heavy (non-hydrogen) atoms. The fourth-order valence-corrected chi connectivity index (χ4v) is 3.38. The van der Waals surface area contributed by atoms with Gasteiger partial charge in [0.1, 0.15) is 5.75 Å². The summed E-state index contributed by atoms with van der Waals surface area (Å²) in [6.07, 6.45) is 0. The van der Waals surface area contributed by atoms with Crippen molar-refractivity contribution in [3.8, 4) is 16.9 Å². The Balaban J connectivity index is 1.90. The summed E-state index contributed by atoms with van der Waals surface area (Å²) in [6, 6.07) is 24.7. The van der Waals surface area contributed by atoms with E-state index in [0.29, 0.717) is 5.11 Å². The summed E-state index contributed by atoms with van der Waals surface area (Å²) in [7, 11) is 1.67. The van der Waals surface area contributed by atoms with Crippen molar-refractivity contribution in [2.45, 2.75) is 13.8 Å². The second-order valence-corrected chi connectivity index (χ2v) is 6.68. The van der Waals surface area contributed by atoms with Gasteiger partial charge in [0.15, 0.2) is 5.11 Å². The van der Waals surface area contributed by atoms with Crippen LogP contribution in [0.25, 0.3) is 11.1 Å². The highest BCUT2D eigenvalue weighted by molar-refractivity contribution is 7.80. The minimum atomic E-state index is 0.645. The summed E-state index contributed by atoms with van der Waals surface area (Å²) in [5.41, 5.74) is 5.40. The Hall–Kier alpha value is -2.85. The first-order valence-corrected chi connectivity index (χ1v) is 9.42. The van der Waals surface area contributed by atoms with Crippen molar-refractivity contribution in [3.05, 3.63) is 78.4 Å². The van der Waals surface area contributed by atoms with Crippen LogP contribution in [0.4, 0.5) is 11.4 Å². The van der Waals surface area contributed by atoms with Crippen LogP contribution in [0.3, 0.4) is 0 Å². The first-order valence-electron chi connectivity index (χ1n) is 9.01. The van der Waals surface area contributed by atoms with Crippen LogP contribution in [0, 0.1) is 6.92 Å². The van der Waals surface area contributed by atoms with Gasteiger partial charge in [0.25, 0.3) is 0 Å². The monoisotopic (exact) mass is 376 g/mol. The number of anilines is 2. The van der Waals surface area contributed by atoms with Crippen LogP contribution in [-0.4, -0.2) is 18.8 Å². The van der Waals surface area contributed by atoms with Gasteiger partial charge in [-0.1, -0.05) is 48.5 Å². The van der Waals surface area contributed by atoms with E-state index in [9.17, 15) is 0 Å². The van der Waals surface area contributed by atoms with Gasteiger partial charge in [-0.25, -0.2) is 0 Å². The van der Waals surface area contributed by atoms with Gasteiger partial charge in [-0.05, 0) is 67.0 Å². The second-order valence-electron chi connectivity index (χ2n) is 6.29. The maximum absolute atomic E-state index is 5.71. The van der Waals surface area contributed by atoms with Gasteiger partial charge in [0.2, 0.25) is 0 Å². The third-order valence-electron chi connectivity index (χ3n) is 4.42. The highest BCUT2D eigenvalue weighted by Crippen LogP contribution is 2.31. The zero-order chi connectivity index (χ0) is 19.2. The Morgan fingerprint density at radius 1 is 0.963 bits per heavy atom. The molecule has 0 saturated carbocycles. The molecule has 0 fully saturated rings. The number of nitrogens with one attached hydrogen (secondary N) is 1. The number of thiocarbonyl (C=S) groups is 1. The molecule has 0 aliphatic carbocycles. The lowest BCUT2D eigenvalue weighted by Crippen LogP contribution is -2.34. The second kappa shape index (κ2) is 8.69. The molecular weight excluding hydrogens is 352 g/mol. The van der Waals surface area contributed by atoms with Crippen LogP contribution < -0.4 is 15.0 Å². The molecule has 138 valence electrons. The maximum atomic E-state index is 5.71. The minimum absolute atomic E-state index is 0.645. The summed E-state index contributed by atoms with van der Waals surface area (Å²) < 4.78 is 5.53. The van der Waals surface area contributed by atoms with Gasteiger partial charge in [0, 0.05) is 12.2 Å². The van der Waals surface area contributed by atoms with E-state index in [4.69, 9.17) is 17.0 Å². The molecule has 0 atom stereocenters. The Morgan fingerprint density at radius 2 is 1.74 bits per heavy atom. The molecule has 0 radical (unpaired) electrons. The molecule has 0 bridgehead atoms. The van der Waals surface area contributed by atoms with Crippen LogP contribution in [0.1, 0.15) is 12.5 Å². The predicted octanol–water partition coefficient (Wildman–Crippen LogP) is 5.89. The largest absolute Gasteiger partial charge is 0.495 e. The van der Waals surface area contributed by atoms with Crippen molar-refractivity contribution in [1.82, 2.24) is 0 Å². The molecule has 4 heteroatoms. The van der Waals surface area contributed by atoms with E-state index in [1.807, 2.05) is 30.3 Å². The van der Waals surface area contributed by atoms with Crippen molar-refractivity contribution in [2.24, 2.45) is 0 Å². The number of hydrogen-bond acceptors (Lipinski definition) is 2. The fourth-order valence-electron chi connectivity index (χ4n) is 3.04. The third-order valence-corrected chi connectivity index (χ3v) is 4.75. The van der Waals surface area contributed by atoms with Gasteiger partial charge in [-0.15, -0.1) is 0 Å². The SMILES string of the molecule is CCN(C(=S)Nc1cc(-c2ccccc2)ccc1OC)c1cccc(C)c1. The van der Waals surface area contributed by atoms with Crippen molar-refractivity contribution < 1.29 is 4.74 Å². The molecule has 0 aliphatic heterocycles. The highest BCUT2D eigenvalue weighted by atomic mass is 32.1. The van der Waals surface area contributed by atoms with E-state index in [1.54, 1.807) is 7.11 Å².